The van der Waals surface area contributed by atoms with Crippen LogP contribution in [0.15, 0.2) is 36.0 Å². The van der Waals surface area contributed by atoms with Gasteiger partial charge in [0.2, 0.25) is 0 Å². The van der Waals surface area contributed by atoms with Gasteiger partial charge >= 0.3 is 0 Å². The minimum atomic E-state index is 0.223. The summed E-state index contributed by atoms with van der Waals surface area (Å²) in [5.41, 5.74) is 3.27. The summed E-state index contributed by atoms with van der Waals surface area (Å²) in [6.45, 7) is 17.8. The maximum absolute atomic E-state index is 4.23. The van der Waals surface area contributed by atoms with Crippen molar-refractivity contribution in [2.45, 2.75) is 72.4 Å². The molecule has 0 fully saturated rings. The average Bonchev–Trinajstić information content (AvgIpc) is 2.33. The molecule has 0 N–H and O–H groups in total. The molecule has 0 amide bonds. The van der Waals surface area contributed by atoms with Crippen molar-refractivity contribution in [2.75, 3.05) is 7.05 Å². The fraction of sp³-hybridized carbons (Fsp3) is 0.684. The highest BCUT2D eigenvalue weighted by molar-refractivity contribution is 5.26. The van der Waals surface area contributed by atoms with E-state index in [9.17, 15) is 0 Å². The van der Waals surface area contributed by atoms with Crippen molar-refractivity contribution in [3.8, 4) is 0 Å². The molecular weight excluding hydrogens is 242 g/mol. The Morgan fingerprint density at radius 3 is 2.25 bits per heavy atom. The third-order valence-electron chi connectivity index (χ3n) is 4.49. The van der Waals surface area contributed by atoms with Crippen LogP contribution in [0, 0.1) is 5.41 Å². The Hall–Kier alpha value is -0.820. The van der Waals surface area contributed by atoms with E-state index >= 15 is 0 Å². The predicted octanol–water partition coefficient (Wildman–Crippen LogP) is 5.35. The lowest BCUT2D eigenvalue weighted by atomic mass is 9.83. The summed E-state index contributed by atoms with van der Waals surface area (Å²) in [6.07, 6.45) is 10.4. The van der Waals surface area contributed by atoms with Crippen LogP contribution in [0.25, 0.3) is 0 Å². The highest BCUT2D eigenvalue weighted by Crippen LogP contribution is 2.30. The van der Waals surface area contributed by atoms with Crippen LogP contribution in [0.4, 0.5) is 0 Å². The topological polar surface area (TPSA) is 3.24 Å². The molecule has 20 heavy (non-hydrogen) atoms. The molecule has 0 heterocycles. The third kappa shape index (κ3) is 4.94. The van der Waals surface area contributed by atoms with Crippen LogP contribution in [0.5, 0.6) is 0 Å². The van der Waals surface area contributed by atoms with Gasteiger partial charge in [0.05, 0.1) is 0 Å². The van der Waals surface area contributed by atoms with Crippen LogP contribution < -0.4 is 0 Å². The molecule has 0 saturated heterocycles. The Morgan fingerprint density at radius 1 is 1.25 bits per heavy atom. The van der Waals surface area contributed by atoms with Gasteiger partial charge in [-0.05, 0) is 52.5 Å². The summed E-state index contributed by atoms with van der Waals surface area (Å²) >= 11 is 0. The lowest BCUT2D eigenvalue weighted by Crippen LogP contribution is -2.44. The first-order chi connectivity index (χ1) is 9.01. The van der Waals surface area contributed by atoms with Crippen molar-refractivity contribution in [1.82, 2.24) is 4.90 Å². The Labute approximate surface area is 126 Å². The van der Waals surface area contributed by atoms with E-state index < -0.39 is 0 Å². The molecular formula is C19H33N. The standard InChI is InChI=1S/C19H33N/c1-15(18(2,3)4)9-10-16-11-13-17(14-12-16)20(8)19(5,6)7/h11-13,17H,1,9-10,14H2,2-8H3. The Morgan fingerprint density at radius 2 is 1.85 bits per heavy atom. The van der Waals surface area contributed by atoms with Crippen molar-refractivity contribution < 1.29 is 0 Å². The average molecular weight is 275 g/mol. The molecule has 0 bridgehead atoms. The molecule has 1 atom stereocenters. The van der Waals surface area contributed by atoms with E-state index in [1.807, 2.05) is 0 Å². The molecule has 0 saturated carbocycles. The van der Waals surface area contributed by atoms with E-state index in [1.165, 1.54) is 11.1 Å². The predicted molar refractivity (Wildman–Crippen MR) is 91.0 cm³/mol. The second-order valence-corrected chi connectivity index (χ2v) is 8.08. The van der Waals surface area contributed by atoms with Crippen molar-refractivity contribution >= 4 is 0 Å². The van der Waals surface area contributed by atoms with E-state index in [0.717, 1.165) is 19.3 Å². The molecule has 1 aliphatic rings. The molecule has 1 nitrogen and oxygen atoms in total. The number of allylic oxidation sites excluding steroid dienone is 3. The molecule has 1 unspecified atom stereocenters. The minimum Gasteiger partial charge on any atom is -0.295 e. The van der Waals surface area contributed by atoms with Gasteiger partial charge in [-0.15, -0.1) is 0 Å². The molecule has 0 aromatic heterocycles. The van der Waals surface area contributed by atoms with Crippen molar-refractivity contribution in [2.24, 2.45) is 5.41 Å². The Kier molecular flexibility index (Phi) is 5.43. The number of nitrogens with zero attached hydrogens (tertiary/aromatic N) is 1. The molecule has 0 spiro atoms. The van der Waals surface area contributed by atoms with Gasteiger partial charge in [0.1, 0.15) is 0 Å². The Bertz CT molecular complexity index is 398. The first kappa shape index (κ1) is 17.2. The number of hydrogen-bond donors (Lipinski definition) is 0. The summed E-state index contributed by atoms with van der Waals surface area (Å²) in [5, 5.41) is 0. The van der Waals surface area contributed by atoms with Crippen LogP contribution in [0.2, 0.25) is 0 Å². The van der Waals surface area contributed by atoms with Gasteiger partial charge in [-0.2, -0.15) is 0 Å². The van der Waals surface area contributed by atoms with Crippen LogP contribution in [0.1, 0.15) is 60.8 Å². The summed E-state index contributed by atoms with van der Waals surface area (Å²) in [6, 6.07) is 0.532. The molecule has 114 valence electrons. The second-order valence-electron chi connectivity index (χ2n) is 8.08. The van der Waals surface area contributed by atoms with Gasteiger partial charge in [-0.3, -0.25) is 4.90 Å². The van der Waals surface area contributed by atoms with Gasteiger partial charge < -0.3 is 0 Å². The highest BCUT2D eigenvalue weighted by atomic mass is 15.2. The maximum atomic E-state index is 4.23. The summed E-state index contributed by atoms with van der Waals surface area (Å²) < 4.78 is 0. The van der Waals surface area contributed by atoms with Gasteiger partial charge in [-0.25, -0.2) is 0 Å². The van der Waals surface area contributed by atoms with Gasteiger partial charge in [0.15, 0.2) is 0 Å². The molecule has 1 aliphatic carbocycles. The first-order valence-electron chi connectivity index (χ1n) is 7.80. The van der Waals surface area contributed by atoms with Crippen molar-refractivity contribution in [3.05, 3.63) is 36.0 Å². The van der Waals surface area contributed by atoms with Crippen LogP contribution >= 0.6 is 0 Å². The fourth-order valence-corrected chi connectivity index (χ4v) is 2.29. The molecule has 1 rings (SSSR count). The van der Waals surface area contributed by atoms with Crippen LogP contribution in [-0.4, -0.2) is 23.5 Å². The smallest absolute Gasteiger partial charge is 0.0318 e. The summed E-state index contributed by atoms with van der Waals surface area (Å²) in [4.78, 5) is 2.45. The Balaban J connectivity index is 2.50. The van der Waals surface area contributed by atoms with E-state index in [0.29, 0.717) is 6.04 Å². The first-order valence-corrected chi connectivity index (χ1v) is 7.80. The van der Waals surface area contributed by atoms with E-state index in [1.54, 1.807) is 0 Å². The minimum absolute atomic E-state index is 0.223. The number of likely N-dealkylation sites (N-methyl/N-ethyl adjacent to an activating group) is 1. The van der Waals surface area contributed by atoms with Gasteiger partial charge in [-0.1, -0.05) is 56.7 Å². The monoisotopic (exact) mass is 275 g/mol. The molecule has 0 radical (unpaired) electrons. The van der Waals surface area contributed by atoms with Crippen molar-refractivity contribution in [3.63, 3.8) is 0 Å². The number of hydrogen-bond acceptors (Lipinski definition) is 1. The van der Waals surface area contributed by atoms with E-state index in [-0.39, 0.29) is 11.0 Å². The highest BCUT2D eigenvalue weighted by Gasteiger charge is 2.24. The zero-order valence-electron chi connectivity index (χ0n) is 14.6. The quantitative estimate of drug-likeness (QED) is 0.625. The zero-order chi connectivity index (χ0) is 15.6. The largest absolute Gasteiger partial charge is 0.295 e. The van der Waals surface area contributed by atoms with Gasteiger partial charge in [0.25, 0.3) is 0 Å². The lowest BCUT2D eigenvalue weighted by molar-refractivity contribution is 0.141. The molecule has 1 heteroatoms. The van der Waals surface area contributed by atoms with Gasteiger partial charge in [0, 0.05) is 11.6 Å². The maximum Gasteiger partial charge on any atom is 0.0318 e. The second kappa shape index (κ2) is 6.30. The van der Waals surface area contributed by atoms with E-state index in [4.69, 9.17) is 0 Å². The van der Waals surface area contributed by atoms with E-state index in [2.05, 4.69) is 78.3 Å². The zero-order valence-corrected chi connectivity index (χ0v) is 14.6. The normalized spacial score (nSPS) is 20.2. The van der Waals surface area contributed by atoms with Crippen LogP contribution in [0.3, 0.4) is 0 Å². The SMILES string of the molecule is C=C(CCC1=CCC(N(C)C(C)(C)C)C=C1)C(C)(C)C. The summed E-state index contributed by atoms with van der Waals surface area (Å²) in [7, 11) is 2.22. The molecule has 0 aromatic carbocycles. The van der Waals surface area contributed by atoms with Crippen LogP contribution in [-0.2, 0) is 0 Å². The number of rotatable bonds is 4. The lowest BCUT2D eigenvalue weighted by Gasteiger charge is -2.38. The fourth-order valence-electron chi connectivity index (χ4n) is 2.29. The molecule has 0 aromatic rings. The van der Waals surface area contributed by atoms with Crippen molar-refractivity contribution in [1.29, 1.82) is 0 Å². The molecule has 0 aliphatic heterocycles. The third-order valence-corrected chi connectivity index (χ3v) is 4.49. The summed E-state index contributed by atoms with van der Waals surface area (Å²) in [5.74, 6) is 0.